The van der Waals surface area contributed by atoms with Gasteiger partial charge < -0.3 is 15.0 Å². The van der Waals surface area contributed by atoms with Crippen LogP contribution in [-0.4, -0.2) is 60.7 Å². The average Bonchev–Trinajstić information content (AvgIpc) is 2.61. The number of hydrogen-bond acceptors (Lipinski definition) is 3. The molecule has 9 heteroatoms. The fourth-order valence-electron chi connectivity index (χ4n) is 1.57. The van der Waals surface area contributed by atoms with Gasteiger partial charge in [-0.2, -0.15) is 0 Å². The van der Waals surface area contributed by atoms with Gasteiger partial charge in [-0.3, -0.25) is 0 Å². The van der Waals surface area contributed by atoms with Crippen LogP contribution in [0.3, 0.4) is 0 Å². The molecule has 0 saturated carbocycles. The zero-order chi connectivity index (χ0) is 18.0. The van der Waals surface area contributed by atoms with Gasteiger partial charge in [-0.15, -0.1) is 58.8 Å². The van der Waals surface area contributed by atoms with Crippen LogP contribution in [0.5, 0.6) is 0 Å². The van der Waals surface area contributed by atoms with Gasteiger partial charge in [-0.25, -0.2) is 4.79 Å². The normalized spacial score (nSPS) is 9.44. The highest BCUT2D eigenvalue weighted by molar-refractivity contribution is 6.18. The lowest BCUT2D eigenvalue weighted by Gasteiger charge is -2.19. The van der Waals surface area contributed by atoms with Gasteiger partial charge in [0.2, 0.25) is 0 Å². The van der Waals surface area contributed by atoms with E-state index in [0.717, 1.165) is 18.7 Å². The van der Waals surface area contributed by atoms with E-state index in [1.807, 2.05) is 30.3 Å². The van der Waals surface area contributed by atoms with E-state index in [-0.39, 0.29) is 25.1 Å². The molecular formula is C16H25Cl5N2O2. The van der Waals surface area contributed by atoms with Crippen molar-refractivity contribution in [2.45, 2.75) is 6.61 Å². The Kier molecular flexibility index (Phi) is 21.9. The summed E-state index contributed by atoms with van der Waals surface area (Å²) in [5, 5.41) is 3.02. The van der Waals surface area contributed by atoms with Crippen molar-refractivity contribution in [2.75, 3.05) is 49.7 Å². The summed E-state index contributed by atoms with van der Waals surface area (Å²) in [6.07, 6.45) is -0.379. The molecular weight excluding hydrogens is 429 g/mol. The van der Waals surface area contributed by atoms with Gasteiger partial charge in [0, 0.05) is 49.7 Å². The Morgan fingerprint density at radius 1 is 0.920 bits per heavy atom. The van der Waals surface area contributed by atoms with Crippen molar-refractivity contribution in [3.63, 3.8) is 0 Å². The third-order valence-corrected chi connectivity index (χ3v) is 3.43. The average molecular weight is 455 g/mol. The van der Waals surface area contributed by atoms with E-state index in [2.05, 4.69) is 5.32 Å². The molecule has 25 heavy (non-hydrogen) atoms. The van der Waals surface area contributed by atoms with Crippen molar-refractivity contribution in [2.24, 2.45) is 0 Å². The maximum atomic E-state index is 11.7. The minimum Gasteiger partial charge on any atom is -0.445 e. The van der Waals surface area contributed by atoms with Gasteiger partial charge in [0.1, 0.15) is 6.61 Å². The fraction of sp³-hybridized carbons (Fsp3) is 0.562. The summed E-state index contributed by atoms with van der Waals surface area (Å²) in [6, 6.07) is 9.52. The lowest BCUT2D eigenvalue weighted by atomic mass is 10.2. The van der Waals surface area contributed by atoms with Crippen LogP contribution in [0.1, 0.15) is 5.56 Å². The monoisotopic (exact) mass is 452 g/mol. The lowest BCUT2D eigenvalue weighted by molar-refractivity contribution is 0.100. The number of carbonyl (C=O) groups excluding carboxylic acids is 1. The van der Waals surface area contributed by atoms with E-state index in [1.165, 1.54) is 4.90 Å². The number of benzene rings is 1. The molecule has 0 aliphatic rings. The number of halogens is 5. The number of alkyl halides is 4. The van der Waals surface area contributed by atoms with E-state index >= 15 is 0 Å². The fourth-order valence-corrected chi connectivity index (χ4v) is 2.24. The Bertz CT molecular complexity index is 403. The zero-order valence-corrected chi connectivity index (χ0v) is 17.8. The third-order valence-electron chi connectivity index (χ3n) is 2.71. The Balaban J connectivity index is 0. The molecule has 0 saturated heterocycles. The molecule has 4 nitrogen and oxygen atoms in total. The molecule has 0 bridgehead atoms. The lowest BCUT2D eigenvalue weighted by Crippen LogP contribution is -2.34. The number of nitrogens with zero attached hydrogens (tertiary/aromatic N) is 1. The summed E-state index contributed by atoms with van der Waals surface area (Å²) in [6.45, 7) is 2.87. The van der Waals surface area contributed by atoms with Gasteiger partial charge in [-0.05, 0) is 5.56 Å². The van der Waals surface area contributed by atoms with Gasteiger partial charge in [0.05, 0.1) is 0 Å². The van der Waals surface area contributed by atoms with E-state index < -0.39 is 0 Å². The Labute approximate surface area is 176 Å². The van der Waals surface area contributed by atoms with Crippen LogP contribution in [0.25, 0.3) is 0 Å². The highest BCUT2D eigenvalue weighted by Crippen LogP contribution is 2.03. The first kappa shape index (κ1) is 27.1. The first-order valence-electron chi connectivity index (χ1n) is 7.59. The standard InChI is InChI=1S/C12H15Cl2NO2.C4H9Cl2N.ClH/c13-6-8-15(9-7-14)12(16)17-10-11-4-2-1-3-5-11;5-1-3-7-4-2-6;/h1-5H,6-10H2;7H,1-4H2;1H. The van der Waals surface area contributed by atoms with Crippen molar-refractivity contribution in [3.8, 4) is 0 Å². The summed E-state index contributed by atoms with van der Waals surface area (Å²) in [7, 11) is 0. The van der Waals surface area contributed by atoms with Crippen LogP contribution in [0.15, 0.2) is 30.3 Å². The molecule has 0 radical (unpaired) electrons. The highest BCUT2D eigenvalue weighted by atomic mass is 35.5. The van der Waals surface area contributed by atoms with Gasteiger partial charge in [0.15, 0.2) is 0 Å². The second kappa shape index (κ2) is 20.2. The molecule has 1 aromatic carbocycles. The summed E-state index contributed by atoms with van der Waals surface area (Å²) in [5.74, 6) is 2.07. The van der Waals surface area contributed by atoms with Crippen molar-refractivity contribution in [1.29, 1.82) is 0 Å². The van der Waals surface area contributed by atoms with Crippen molar-refractivity contribution in [3.05, 3.63) is 35.9 Å². The van der Waals surface area contributed by atoms with Gasteiger partial charge >= 0.3 is 6.09 Å². The van der Waals surface area contributed by atoms with Crippen LogP contribution < -0.4 is 5.32 Å². The van der Waals surface area contributed by atoms with Crippen LogP contribution in [0.2, 0.25) is 0 Å². The third kappa shape index (κ3) is 15.8. The number of ether oxygens (including phenoxy) is 1. The van der Waals surface area contributed by atoms with Crippen molar-refractivity contribution in [1.82, 2.24) is 10.2 Å². The largest absolute Gasteiger partial charge is 0.445 e. The smallest absolute Gasteiger partial charge is 0.410 e. The molecule has 0 unspecified atom stereocenters. The maximum Gasteiger partial charge on any atom is 0.410 e. The first-order chi connectivity index (χ1) is 11.7. The molecule has 0 aromatic heterocycles. The summed E-state index contributed by atoms with van der Waals surface area (Å²) in [4.78, 5) is 13.2. The molecule has 1 amide bonds. The number of hydrogen-bond donors (Lipinski definition) is 1. The van der Waals surface area contributed by atoms with Crippen LogP contribution in [0.4, 0.5) is 4.79 Å². The molecule has 0 fully saturated rings. The molecule has 0 aliphatic carbocycles. The zero-order valence-electron chi connectivity index (χ0n) is 13.9. The molecule has 1 N–H and O–H groups in total. The molecule has 1 aromatic rings. The predicted octanol–water partition coefficient (Wildman–Crippen LogP) is 4.58. The maximum absolute atomic E-state index is 11.7. The van der Waals surface area contributed by atoms with Crippen molar-refractivity contribution >= 4 is 64.9 Å². The number of nitrogens with one attached hydrogen (secondary N) is 1. The molecule has 1 rings (SSSR count). The predicted molar refractivity (Wildman–Crippen MR) is 111 cm³/mol. The SMILES string of the molecule is Cl.ClCCNCCCl.O=C(OCc1ccccc1)N(CCCl)CCCl. The summed E-state index contributed by atoms with van der Waals surface area (Å²) < 4.78 is 5.17. The highest BCUT2D eigenvalue weighted by Gasteiger charge is 2.13. The van der Waals surface area contributed by atoms with Crippen molar-refractivity contribution < 1.29 is 9.53 Å². The quantitative estimate of drug-likeness (QED) is 0.416. The van der Waals surface area contributed by atoms with Gasteiger partial charge in [0.25, 0.3) is 0 Å². The Morgan fingerprint density at radius 2 is 1.44 bits per heavy atom. The van der Waals surface area contributed by atoms with Gasteiger partial charge in [-0.1, -0.05) is 30.3 Å². The number of rotatable bonds is 10. The number of carbonyl (C=O) groups is 1. The minimum absolute atomic E-state index is 0. The first-order valence-corrected chi connectivity index (χ1v) is 9.73. The second-order valence-corrected chi connectivity index (χ2v) is 6.05. The van der Waals surface area contributed by atoms with E-state index in [1.54, 1.807) is 0 Å². The van der Waals surface area contributed by atoms with E-state index in [4.69, 9.17) is 51.1 Å². The van der Waals surface area contributed by atoms with Crippen LogP contribution in [-0.2, 0) is 11.3 Å². The summed E-state index contributed by atoms with van der Waals surface area (Å²) in [5.41, 5.74) is 0.956. The molecule has 0 atom stereocenters. The van der Waals surface area contributed by atoms with Crippen LogP contribution in [0, 0.1) is 0 Å². The second-order valence-electron chi connectivity index (χ2n) is 4.53. The molecule has 0 heterocycles. The Hall–Kier alpha value is -0.100. The number of amides is 1. The minimum atomic E-state index is -0.379. The topological polar surface area (TPSA) is 41.6 Å². The Morgan fingerprint density at radius 3 is 1.88 bits per heavy atom. The molecule has 0 aliphatic heterocycles. The molecule has 146 valence electrons. The summed E-state index contributed by atoms with van der Waals surface area (Å²) >= 11 is 21.9. The van der Waals surface area contributed by atoms with E-state index in [9.17, 15) is 4.79 Å². The molecule has 0 spiro atoms. The van der Waals surface area contributed by atoms with E-state index in [0.29, 0.717) is 36.6 Å². The van der Waals surface area contributed by atoms with Crippen LogP contribution >= 0.6 is 58.8 Å².